The quantitative estimate of drug-likeness (QED) is 0.436. The van der Waals surface area contributed by atoms with E-state index in [1.54, 1.807) is 0 Å². The molecule has 3 rings (SSSR count). The molecule has 0 aliphatic carbocycles. The number of aliphatic hydroxyl groups excluding tert-OH is 1. The number of nitrogens with one attached hydrogen (secondary N) is 2. The van der Waals surface area contributed by atoms with Crippen LogP contribution in [0.3, 0.4) is 0 Å². The number of anilines is 2. The second-order valence-corrected chi connectivity index (χ2v) is 6.10. The topological polar surface area (TPSA) is 100 Å². The third-order valence-corrected chi connectivity index (χ3v) is 3.86. The minimum absolute atomic E-state index is 0.0230. The zero-order valence-electron chi connectivity index (χ0n) is 26.4. The van der Waals surface area contributed by atoms with Crippen LogP contribution in [0.4, 0.5) is 10.8 Å². The predicted molar refractivity (Wildman–Crippen MR) is 113 cm³/mol. The number of nitrogens with two attached hydrogens (primary N) is 1. The third kappa shape index (κ3) is 6.16. The van der Waals surface area contributed by atoms with Crippen molar-refractivity contribution in [1.29, 1.82) is 0 Å². The summed E-state index contributed by atoms with van der Waals surface area (Å²) in [5.74, 6) is -1.13. The predicted octanol–water partition coefficient (Wildman–Crippen LogP) is 2.77. The lowest BCUT2D eigenvalue weighted by Gasteiger charge is -2.12. The first-order valence-electron chi connectivity index (χ1n) is 14.0. The maximum Gasteiger partial charge on any atom is 0.230 e. The number of rotatable bonds is 9. The average Bonchev–Trinajstić information content (AvgIpc) is 3.24. The number of aromatic nitrogens is 1. The van der Waals surface area contributed by atoms with E-state index in [1.807, 2.05) is 0 Å². The second-order valence-electron chi connectivity index (χ2n) is 5.28. The normalized spacial score (nSPS) is 19.6. The van der Waals surface area contributed by atoms with Gasteiger partial charge in [-0.25, -0.2) is 4.98 Å². The van der Waals surface area contributed by atoms with E-state index >= 15 is 0 Å². The van der Waals surface area contributed by atoms with Gasteiger partial charge in [0.25, 0.3) is 0 Å². The molecule has 5 N–H and O–H groups in total. The highest BCUT2D eigenvalue weighted by molar-refractivity contribution is 7.13. The molecule has 3 aromatic rings. The number of nitrogen functional groups attached to an aromatic ring is 1. The molecule has 1 heterocycles. The fourth-order valence-corrected chi connectivity index (χ4v) is 2.45. The lowest BCUT2D eigenvalue weighted by Crippen LogP contribution is -2.23. The van der Waals surface area contributed by atoms with E-state index in [1.165, 1.54) is 24.3 Å². The van der Waals surface area contributed by atoms with Crippen molar-refractivity contribution in [3.05, 3.63) is 76.7 Å². The van der Waals surface area contributed by atoms with Crippen molar-refractivity contribution in [3.63, 3.8) is 0 Å². The fraction of sp³-hybridized carbons (Fsp3) is 0.238. The summed E-state index contributed by atoms with van der Waals surface area (Å²) in [4.78, 5) is 16.2. The maximum absolute atomic E-state index is 12.5. The molecule has 0 aliphatic rings. The highest BCUT2D eigenvalue weighted by Crippen LogP contribution is 2.14. The molecule has 0 bridgehead atoms. The van der Waals surface area contributed by atoms with Crippen molar-refractivity contribution in [3.8, 4) is 0 Å². The van der Waals surface area contributed by atoms with Crippen molar-refractivity contribution in [1.82, 2.24) is 10.3 Å². The Kier molecular flexibility index (Phi) is 3.44. The molecule has 0 saturated heterocycles. The molecule has 0 fully saturated rings. The Labute approximate surface area is 185 Å². The number of thiazole rings is 1. The molecule has 7 heteroatoms. The molecule has 0 radical (unpaired) electrons. The Morgan fingerprint density at radius 3 is 2.71 bits per heavy atom. The Balaban J connectivity index is 1.73. The number of aliphatic hydroxyl groups is 1. The largest absolute Gasteiger partial charge is 0.387 e. The van der Waals surface area contributed by atoms with Crippen LogP contribution < -0.4 is 16.4 Å². The van der Waals surface area contributed by atoms with E-state index in [0.717, 1.165) is 0 Å². The van der Waals surface area contributed by atoms with Crippen molar-refractivity contribution in [2.45, 2.75) is 18.8 Å². The minimum Gasteiger partial charge on any atom is -0.387 e. The van der Waals surface area contributed by atoms with Gasteiger partial charge in [0.05, 0.1) is 26.4 Å². The van der Waals surface area contributed by atoms with E-state index in [9.17, 15) is 9.90 Å². The van der Waals surface area contributed by atoms with Crippen LogP contribution in [0.5, 0.6) is 0 Å². The van der Waals surface area contributed by atoms with Gasteiger partial charge >= 0.3 is 0 Å². The molecular weight excluding hydrogens is 372 g/mol. The molecule has 1 aromatic heterocycles. The number of amides is 1. The standard InChI is InChI=1S/C21H24N4O2S/c22-21-25-18(14-28-21)12-20(27)24-17-8-6-15(7-9-17)10-11-23-13-19(26)16-4-2-1-3-5-16/h1-9,14,19,23,26H,10-13H2,(H2,22,25)(H,24,27)/t19-/m1/s1/i1D,2D,3D,4D,5D,10D2,12D2,13D2,14D. The summed E-state index contributed by atoms with van der Waals surface area (Å²) < 4.78 is 95.7. The van der Waals surface area contributed by atoms with Gasteiger partial charge in [0.2, 0.25) is 5.91 Å². The summed E-state index contributed by atoms with van der Waals surface area (Å²) in [6.45, 7) is -3.52. The summed E-state index contributed by atoms with van der Waals surface area (Å²) in [6.07, 6.45) is -7.15. The number of carbonyl (C=O) groups excluding carboxylic acids is 1. The van der Waals surface area contributed by atoms with Crippen LogP contribution in [0.1, 0.15) is 39.4 Å². The summed E-state index contributed by atoms with van der Waals surface area (Å²) in [5, 5.41) is 14.8. The fourth-order valence-electron chi connectivity index (χ4n) is 2.01. The van der Waals surface area contributed by atoms with Gasteiger partial charge in [-0.1, -0.05) is 42.3 Å². The smallest absolute Gasteiger partial charge is 0.230 e. The van der Waals surface area contributed by atoms with Gasteiger partial charge in [-0.2, -0.15) is 0 Å². The minimum atomic E-state index is -2.81. The molecule has 1 amide bonds. The van der Waals surface area contributed by atoms with Crippen molar-refractivity contribution in [2.75, 3.05) is 24.1 Å². The van der Waals surface area contributed by atoms with Crippen molar-refractivity contribution in [2.24, 2.45) is 0 Å². The van der Waals surface area contributed by atoms with Gasteiger partial charge in [-0.15, -0.1) is 11.3 Å². The van der Waals surface area contributed by atoms with Gasteiger partial charge in [0.15, 0.2) is 5.13 Å². The Morgan fingerprint density at radius 1 is 1.29 bits per heavy atom. The molecular formula is C21H24N4O2S. The molecule has 0 spiro atoms. The van der Waals surface area contributed by atoms with Crippen LogP contribution >= 0.6 is 11.3 Å². The molecule has 1 atom stereocenters. The van der Waals surface area contributed by atoms with Gasteiger partial charge < -0.3 is 21.5 Å². The van der Waals surface area contributed by atoms with Crippen LogP contribution in [-0.2, 0) is 17.5 Å². The van der Waals surface area contributed by atoms with Gasteiger partial charge in [-0.05, 0) is 36.2 Å². The Morgan fingerprint density at radius 2 is 2.04 bits per heavy atom. The van der Waals surface area contributed by atoms with E-state index in [-0.39, 0.29) is 21.7 Å². The molecule has 0 aliphatic heterocycles. The zero-order chi connectivity index (χ0) is 30.4. The Bertz CT molecular complexity index is 1400. The lowest BCUT2D eigenvalue weighted by atomic mass is 10.1. The van der Waals surface area contributed by atoms with Crippen molar-refractivity contribution < 1.29 is 26.4 Å². The summed E-state index contributed by atoms with van der Waals surface area (Å²) >= 11 is 0.715. The third-order valence-electron chi connectivity index (χ3n) is 3.26. The molecule has 6 nitrogen and oxygen atoms in total. The summed E-state index contributed by atoms with van der Waals surface area (Å²) in [6, 6.07) is 1.33. The van der Waals surface area contributed by atoms with E-state index in [0.29, 0.717) is 11.3 Å². The maximum atomic E-state index is 12.5. The molecule has 28 heavy (non-hydrogen) atoms. The zero-order valence-corrected chi connectivity index (χ0v) is 15.2. The Hall–Kier alpha value is -2.74. The summed E-state index contributed by atoms with van der Waals surface area (Å²) in [7, 11) is 0. The summed E-state index contributed by atoms with van der Waals surface area (Å²) in [5.41, 5.74) is 4.49. The first-order valence-corrected chi connectivity index (χ1v) is 8.78. The van der Waals surface area contributed by atoms with Crippen LogP contribution in [0, 0.1) is 0 Å². The SMILES string of the molecule is [2H]c1sc(N)nc1C([2H])([2H])C(=O)Nc1ccc(C([2H])([2H])CNC([2H])([2H])[C@@H](O)c2c([2H])c([2H])c([2H])c([2H])c2[2H])cc1. The highest BCUT2D eigenvalue weighted by atomic mass is 32.1. The van der Waals surface area contributed by atoms with E-state index in [2.05, 4.69) is 15.6 Å². The highest BCUT2D eigenvalue weighted by Gasteiger charge is 2.08. The monoisotopic (exact) mass is 408 g/mol. The first kappa shape index (κ1) is 9.65. The van der Waals surface area contributed by atoms with Gasteiger partial charge in [0.1, 0.15) is 0 Å². The number of hydrogen-bond donors (Lipinski definition) is 4. The number of carbonyl (C=O) groups is 1. The number of nitrogens with zero attached hydrogens (tertiary/aromatic N) is 1. The molecule has 146 valence electrons. The van der Waals surface area contributed by atoms with Crippen LogP contribution in [-0.4, -0.2) is 29.0 Å². The van der Waals surface area contributed by atoms with Gasteiger partial charge in [0, 0.05) is 25.8 Å². The van der Waals surface area contributed by atoms with E-state index < -0.39 is 79.3 Å². The second kappa shape index (κ2) is 9.98. The van der Waals surface area contributed by atoms with E-state index in [4.69, 9.17) is 22.2 Å². The lowest BCUT2D eigenvalue weighted by molar-refractivity contribution is -0.115. The molecule has 0 unspecified atom stereocenters. The molecule has 2 aromatic carbocycles. The van der Waals surface area contributed by atoms with Crippen LogP contribution in [0.25, 0.3) is 0 Å². The van der Waals surface area contributed by atoms with Crippen LogP contribution in [0.15, 0.2) is 59.8 Å². The number of hydrogen-bond acceptors (Lipinski definition) is 6. The molecule has 0 saturated carbocycles. The first-order chi connectivity index (χ1) is 18.3. The van der Waals surface area contributed by atoms with Crippen molar-refractivity contribution >= 4 is 28.1 Å². The van der Waals surface area contributed by atoms with Crippen LogP contribution in [0.2, 0.25) is 0 Å². The van der Waals surface area contributed by atoms with Gasteiger partial charge in [-0.3, -0.25) is 4.79 Å². The average molecular weight is 409 g/mol. The number of benzene rings is 2.